The Morgan fingerprint density at radius 1 is 1.47 bits per heavy atom. The van der Waals surface area contributed by atoms with Gasteiger partial charge in [-0.15, -0.1) is 11.8 Å². The van der Waals surface area contributed by atoms with Gasteiger partial charge in [0, 0.05) is 5.25 Å². The van der Waals surface area contributed by atoms with Gasteiger partial charge in [0.2, 0.25) is 5.91 Å². The number of carbonyl (C=O) groups excluding carboxylic acids is 1. The van der Waals surface area contributed by atoms with Crippen LogP contribution in [0.2, 0.25) is 5.02 Å². The Labute approximate surface area is 120 Å². The van der Waals surface area contributed by atoms with Gasteiger partial charge in [-0.25, -0.2) is 4.79 Å². The molecule has 3 N–H and O–H groups in total. The summed E-state index contributed by atoms with van der Waals surface area (Å²) in [5.41, 5.74) is 0.319. The maximum Gasteiger partial charge on any atom is 0.335 e. The van der Waals surface area contributed by atoms with E-state index >= 15 is 0 Å². The monoisotopic (exact) mass is 303 g/mol. The zero-order chi connectivity index (χ0) is 14.4. The van der Waals surface area contributed by atoms with Crippen molar-refractivity contribution in [2.75, 3.05) is 17.7 Å². The van der Waals surface area contributed by atoms with Gasteiger partial charge in [-0.05, 0) is 18.2 Å². The molecule has 1 aromatic rings. The number of carboxylic acids is 1. The van der Waals surface area contributed by atoms with Crippen molar-refractivity contribution in [1.82, 2.24) is 0 Å². The van der Waals surface area contributed by atoms with Crippen LogP contribution in [0.15, 0.2) is 18.2 Å². The molecule has 0 aliphatic carbocycles. The van der Waals surface area contributed by atoms with Gasteiger partial charge in [0.05, 0.1) is 28.6 Å². The molecule has 0 fully saturated rings. The normalized spacial score (nSPS) is 11.9. The number of carboxylic acid groups (broad SMARTS) is 1. The fraction of sp³-hybridized carbons (Fsp3) is 0.333. The summed E-state index contributed by atoms with van der Waals surface area (Å²) in [5, 5.41) is 20.5. The SMILES string of the molecule is CC(CO)SCC(=O)Nc1cc(C(=O)O)ccc1Cl. The Kier molecular flexibility index (Phi) is 6.14. The van der Waals surface area contributed by atoms with E-state index in [4.69, 9.17) is 21.8 Å². The van der Waals surface area contributed by atoms with Crippen molar-refractivity contribution >= 4 is 40.9 Å². The highest BCUT2D eigenvalue weighted by molar-refractivity contribution is 8.00. The highest BCUT2D eigenvalue weighted by Crippen LogP contribution is 2.23. The zero-order valence-corrected chi connectivity index (χ0v) is 11.8. The summed E-state index contributed by atoms with van der Waals surface area (Å²) in [6.45, 7) is 1.79. The van der Waals surface area contributed by atoms with Crippen LogP contribution in [-0.2, 0) is 4.79 Å². The van der Waals surface area contributed by atoms with Crippen LogP contribution in [0.4, 0.5) is 5.69 Å². The minimum Gasteiger partial charge on any atom is -0.478 e. The van der Waals surface area contributed by atoms with Crippen molar-refractivity contribution < 1.29 is 19.8 Å². The Morgan fingerprint density at radius 3 is 2.74 bits per heavy atom. The van der Waals surface area contributed by atoms with Crippen molar-refractivity contribution in [1.29, 1.82) is 0 Å². The number of rotatable bonds is 6. The van der Waals surface area contributed by atoms with E-state index in [0.29, 0.717) is 0 Å². The van der Waals surface area contributed by atoms with Crippen molar-refractivity contribution in [2.24, 2.45) is 0 Å². The zero-order valence-electron chi connectivity index (χ0n) is 10.2. The second kappa shape index (κ2) is 7.37. The summed E-state index contributed by atoms with van der Waals surface area (Å²) in [5.74, 6) is -1.22. The highest BCUT2D eigenvalue weighted by atomic mass is 35.5. The van der Waals surface area contributed by atoms with Gasteiger partial charge in [0.1, 0.15) is 0 Å². The third kappa shape index (κ3) is 5.10. The molecule has 1 rings (SSSR count). The van der Waals surface area contributed by atoms with Crippen LogP contribution in [0, 0.1) is 0 Å². The largest absolute Gasteiger partial charge is 0.478 e. The van der Waals surface area contributed by atoms with Gasteiger partial charge in [0.25, 0.3) is 0 Å². The minimum absolute atomic E-state index is 0.00674. The van der Waals surface area contributed by atoms with E-state index in [1.165, 1.54) is 30.0 Å². The smallest absolute Gasteiger partial charge is 0.335 e. The molecule has 104 valence electrons. The first-order chi connectivity index (χ1) is 8.93. The summed E-state index contributed by atoms with van der Waals surface area (Å²) in [6, 6.07) is 4.09. The van der Waals surface area contributed by atoms with Crippen molar-refractivity contribution in [3.05, 3.63) is 28.8 Å². The number of amides is 1. The van der Waals surface area contributed by atoms with Crippen LogP contribution in [0.25, 0.3) is 0 Å². The lowest BCUT2D eigenvalue weighted by molar-refractivity contribution is -0.113. The maximum atomic E-state index is 11.6. The van der Waals surface area contributed by atoms with E-state index in [1.54, 1.807) is 6.92 Å². The quantitative estimate of drug-likeness (QED) is 0.749. The fourth-order valence-electron chi connectivity index (χ4n) is 1.21. The van der Waals surface area contributed by atoms with E-state index in [-0.39, 0.29) is 39.8 Å². The summed E-state index contributed by atoms with van der Waals surface area (Å²) in [7, 11) is 0. The van der Waals surface area contributed by atoms with Gasteiger partial charge >= 0.3 is 5.97 Å². The second-order valence-corrected chi connectivity index (χ2v) is 5.69. The molecule has 19 heavy (non-hydrogen) atoms. The Morgan fingerprint density at radius 2 is 2.16 bits per heavy atom. The molecule has 0 heterocycles. The number of hydrogen-bond acceptors (Lipinski definition) is 4. The lowest BCUT2D eigenvalue weighted by Crippen LogP contribution is -2.17. The molecule has 7 heteroatoms. The molecular formula is C12H14ClNO4S. The van der Waals surface area contributed by atoms with E-state index in [1.807, 2.05) is 0 Å². The van der Waals surface area contributed by atoms with E-state index in [0.717, 1.165) is 0 Å². The second-order valence-electron chi connectivity index (χ2n) is 3.85. The molecule has 0 aliphatic heterocycles. The average Bonchev–Trinajstić information content (AvgIpc) is 2.38. The topological polar surface area (TPSA) is 86.6 Å². The number of anilines is 1. The number of aliphatic hydroxyl groups excluding tert-OH is 1. The number of aliphatic hydroxyl groups is 1. The van der Waals surface area contributed by atoms with Gasteiger partial charge in [-0.1, -0.05) is 18.5 Å². The Balaban J connectivity index is 2.68. The molecule has 0 saturated heterocycles. The lowest BCUT2D eigenvalue weighted by atomic mass is 10.2. The molecule has 0 spiro atoms. The van der Waals surface area contributed by atoms with Gasteiger partial charge in [-0.3, -0.25) is 4.79 Å². The summed E-state index contributed by atoms with van der Waals surface area (Å²) < 4.78 is 0. The Bertz CT molecular complexity index is 481. The number of halogens is 1. The number of aromatic carboxylic acids is 1. The molecule has 0 radical (unpaired) electrons. The van der Waals surface area contributed by atoms with Gasteiger partial charge < -0.3 is 15.5 Å². The molecule has 1 unspecified atom stereocenters. The predicted octanol–water partition coefficient (Wildman–Crippen LogP) is 2.09. The third-order valence-electron chi connectivity index (χ3n) is 2.24. The first kappa shape index (κ1) is 15.8. The minimum atomic E-state index is -1.09. The number of thioether (sulfide) groups is 1. The van der Waals surface area contributed by atoms with Crippen LogP contribution in [0.1, 0.15) is 17.3 Å². The molecule has 0 aliphatic rings. The van der Waals surface area contributed by atoms with Crippen molar-refractivity contribution in [2.45, 2.75) is 12.2 Å². The molecule has 0 saturated carbocycles. The highest BCUT2D eigenvalue weighted by Gasteiger charge is 2.11. The first-order valence-electron chi connectivity index (χ1n) is 5.49. The molecule has 0 aromatic heterocycles. The van der Waals surface area contributed by atoms with E-state index < -0.39 is 5.97 Å². The van der Waals surface area contributed by atoms with Crippen LogP contribution in [-0.4, -0.2) is 39.7 Å². The van der Waals surface area contributed by atoms with Crippen LogP contribution in [0.5, 0.6) is 0 Å². The molecule has 1 amide bonds. The number of benzene rings is 1. The Hall–Kier alpha value is -1.24. The summed E-state index contributed by atoms with van der Waals surface area (Å²) >= 11 is 7.18. The lowest BCUT2D eigenvalue weighted by Gasteiger charge is -2.10. The van der Waals surface area contributed by atoms with Crippen LogP contribution in [0.3, 0.4) is 0 Å². The number of nitrogens with one attached hydrogen (secondary N) is 1. The van der Waals surface area contributed by atoms with Crippen LogP contribution >= 0.6 is 23.4 Å². The third-order valence-corrected chi connectivity index (χ3v) is 3.72. The molecule has 5 nitrogen and oxygen atoms in total. The maximum absolute atomic E-state index is 11.6. The number of hydrogen-bond donors (Lipinski definition) is 3. The predicted molar refractivity (Wildman–Crippen MR) is 76.0 cm³/mol. The van der Waals surface area contributed by atoms with E-state index in [9.17, 15) is 9.59 Å². The average molecular weight is 304 g/mol. The van der Waals surface area contributed by atoms with Crippen LogP contribution < -0.4 is 5.32 Å². The van der Waals surface area contributed by atoms with Crippen molar-refractivity contribution in [3.63, 3.8) is 0 Å². The summed E-state index contributed by atoms with van der Waals surface area (Å²) in [6.07, 6.45) is 0. The molecule has 1 aromatic carbocycles. The fourth-order valence-corrected chi connectivity index (χ4v) is 1.99. The number of carbonyl (C=O) groups is 2. The van der Waals surface area contributed by atoms with Gasteiger partial charge in [-0.2, -0.15) is 0 Å². The van der Waals surface area contributed by atoms with Gasteiger partial charge in [0.15, 0.2) is 0 Å². The van der Waals surface area contributed by atoms with Crippen molar-refractivity contribution in [3.8, 4) is 0 Å². The summed E-state index contributed by atoms with van der Waals surface area (Å²) in [4.78, 5) is 22.5. The standard InChI is InChI=1S/C12H14ClNO4S/c1-7(5-15)19-6-11(16)14-10-4-8(12(17)18)2-3-9(10)13/h2-4,7,15H,5-6H2,1H3,(H,14,16)(H,17,18). The van der Waals surface area contributed by atoms with E-state index in [2.05, 4.69) is 5.32 Å². The first-order valence-corrected chi connectivity index (χ1v) is 6.92. The molecule has 0 bridgehead atoms. The molecular weight excluding hydrogens is 290 g/mol. The molecule has 1 atom stereocenters.